The summed E-state index contributed by atoms with van der Waals surface area (Å²) in [6, 6.07) is 29.2. The molecule has 0 aliphatic carbocycles. The second-order valence-electron chi connectivity index (χ2n) is 15.3. The quantitative estimate of drug-likeness (QED) is 0.136. The van der Waals surface area contributed by atoms with E-state index in [1.54, 1.807) is 28.4 Å². The van der Waals surface area contributed by atoms with Crippen LogP contribution in [0.3, 0.4) is 0 Å². The van der Waals surface area contributed by atoms with E-state index in [1.807, 2.05) is 18.2 Å². The standard InChI is InChI=1S/C23H30NO3.C22H27NO3/c1-16(12-17-10-8-7-9-11-17)18-13-20(25-5)21(26-6)14-19(18)22-24(4)23(2,3)15-27-22;1-15(11-16-9-7-6-8-10-16)17-12-19(24-4)20(25-5)13-18(17)21-23-22(2,3)14-26-21/h7-11,13-14,16H,12,15H2,1-6H3;6-10,12-13,15H,11,14H2,1-5H3/q+1;. The Morgan fingerprint density at radius 1 is 0.623 bits per heavy atom. The molecule has 0 saturated carbocycles. The fraction of sp³-hybridized carbons (Fsp3) is 0.422. The van der Waals surface area contributed by atoms with Crippen molar-refractivity contribution in [3.05, 3.63) is 118 Å². The normalized spacial score (nSPS) is 16.7. The molecule has 2 aliphatic rings. The lowest BCUT2D eigenvalue weighted by Gasteiger charge is -2.19. The topological polar surface area (TPSA) is 70.8 Å². The molecule has 6 rings (SSSR count). The predicted molar refractivity (Wildman–Crippen MR) is 213 cm³/mol. The maximum Gasteiger partial charge on any atom is 0.370 e. The third-order valence-electron chi connectivity index (χ3n) is 10.1. The average Bonchev–Trinajstić information content (AvgIpc) is 3.66. The van der Waals surface area contributed by atoms with Gasteiger partial charge in [-0.2, -0.15) is 4.58 Å². The maximum absolute atomic E-state index is 6.13. The monoisotopic (exact) mass is 721 g/mol. The lowest BCUT2D eigenvalue weighted by molar-refractivity contribution is -0.562. The Balaban J connectivity index is 0.000000204. The van der Waals surface area contributed by atoms with Crippen molar-refractivity contribution >= 4 is 11.8 Å². The predicted octanol–water partition coefficient (Wildman–Crippen LogP) is 8.85. The Hall–Kier alpha value is -4.98. The molecule has 2 aliphatic heterocycles. The summed E-state index contributed by atoms with van der Waals surface area (Å²) < 4.78 is 36.4. The van der Waals surface area contributed by atoms with Crippen molar-refractivity contribution in [2.24, 2.45) is 4.99 Å². The van der Waals surface area contributed by atoms with Crippen molar-refractivity contribution in [1.29, 1.82) is 0 Å². The lowest BCUT2D eigenvalue weighted by Crippen LogP contribution is -2.33. The van der Waals surface area contributed by atoms with Gasteiger partial charge in [0.1, 0.15) is 13.7 Å². The van der Waals surface area contributed by atoms with Crippen molar-refractivity contribution in [3.8, 4) is 23.0 Å². The van der Waals surface area contributed by atoms with E-state index in [-0.39, 0.29) is 17.0 Å². The van der Waals surface area contributed by atoms with Crippen molar-refractivity contribution < 1.29 is 33.0 Å². The zero-order valence-corrected chi connectivity index (χ0v) is 33.4. The number of aliphatic imine (C=N–C) groups is 1. The molecule has 0 aromatic heterocycles. The van der Waals surface area contributed by atoms with E-state index in [2.05, 4.69) is 120 Å². The number of ether oxygens (including phenoxy) is 6. The van der Waals surface area contributed by atoms with E-state index < -0.39 is 0 Å². The molecule has 2 atom stereocenters. The third kappa shape index (κ3) is 9.16. The molecule has 4 aromatic rings. The van der Waals surface area contributed by atoms with Crippen LogP contribution in [0.25, 0.3) is 0 Å². The van der Waals surface area contributed by atoms with Gasteiger partial charge in [0, 0.05) is 25.5 Å². The summed E-state index contributed by atoms with van der Waals surface area (Å²) in [6.45, 7) is 14.3. The van der Waals surface area contributed by atoms with Crippen LogP contribution in [0.2, 0.25) is 0 Å². The number of rotatable bonds is 12. The number of hydrogen-bond donors (Lipinski definition) is 0. The van der Waals surface area contributed by atoms with Gasteiger partial charge in [0.25, 0.3) is 0 Å². The molecule has 0 saturated heterocycles. The number of benzene rings is 4. The van der Waals surface area contributed by atoms with Crippen LogP contribution in [-0.2, 0) is 22.3 Å². The highest BCUT2D eigenvalue weighted by Crippen LogP contribution is 2.38. The lowest BCUT2D eigenvalue weighted by atomic mass is 9.89. The van der Waals surface area contributed by atoms with E-state index >= 15 is 0 Å². The zero-order valence-electron chi connectivity index (χ0n) is 33.4. The minimum Gasteiger partial charge on any atom is -0.493 e. The van der Waals surface area contributed by atoms with E-state index in [0.29, 0.717) is 30.8 Å². The first-order valence-electron chi connectivity index (χ1n) is 18.4. The summed E-state index contributed by atoms with van der Waals surface area (Å²) in [5.74, 6) is 5.05. The van der Waals surface area contributed by atoms with Crippen LogP contribution in [0.15, 0.2) is 89.9 Å². The van der Waals surface area contributed by atoms with Gasteiger partial charge in [0.15, 0.2) is 35.1 Å². The molecule has 0 amide bonds. The largest absolute Gasteiger partial charge is 0.493 e. The molecule has 4 aromatic carbocycles. The van der Waals surface area contributed by atoms with Crippen molar-refractivity contribution in [2.75, 3.05) is 48.7 Å². The summed E-state index contributed by atoms with van der Waals surface area (Å²) in [5, 5.41) is 0. The van der Waals surface area contributed by atoms with Crippen molar-refractivity contribution in [2.45, 2.75) is 77.3 Å². The van der Waals surface area contributed by atoms with Gasteiger partial charge in [-0.25, -0.2) is 4.99 Å². The fourth-order valence-electron chi connectivity index (χ4n) is 6.82. The molecule has 0 bridgehead atoms. The van der Waals surface area contributed by atoms with Gasteiger partial charge in [0.05, 0.1) is 39.5 Å². The Bertz CT molecular complexity index is 1920. The van der Waals surface area contributed by atoms with Gasteiger partial charge < -0.3 is 28.4 Å². The Labute approximate surface area is 316 Å². The molecule has 0 spiro atoms. The molecule has 2 heterocycles. The van der Waals surface area contributed by atoms with Crippen LogP contribution in [0, 0.1) is 0 Å². The molecular weight excluding hydrogens is 665 g/mol. The summed E-state index contributed by atoms with van der Waals surface area (Å²) in [5.41, 5.74) is 6.79. The van der Waals surface area contributed by atoms with Gasteiger partial charge in [-0.1, -0.05) is 74.5 Å². The minimum absolute atomic E-state index is 0.0393. The number of hydrogen-bond acceptors (Lipinski definition) is 7. The van der Waals surface area contributed by atoms with Gasteiger partial charge in [0.2, 0.25) is 5.90 Å². The molecule has 8 nitrogen and oxygen atoms in total. The smallest absolute Gasteiger partial charge is 0.370 e. The van der Waals surface area contributed by atoms with Crippen LogP contribution >= 0.6 is 0 Å². The molecule has 0 radical (unpaired) electrons. The highest BCUT2D eigenvalue weighted by atomic mass is 16.5. The van der Waals surface area contributed by atoms with Crippen LogP contribution < -0.4 is 18.9 Å². The zero-order chi connectivity index (χ0) is 38.3. The summed E-state index contributed by atoms with van der Waals surface area (Å²) >= 11 is 0. The first-order chi connectivity index (χ1) is 25.3. The van der Waals surface area contributed by atoms with Crippen LogP contribution in [0.1, 0.15) is 86.8 Å². The van der Waals surface area contributed by atoms with Crippen LogP contribution in [0.4, 0.5) is 0 Å². The highest BCUT2D eigenvalue weighted by molar-refractivity contribution is 5.98. The van der Waals surface area contributed by atoms with E-state index in [1.165, 1.54) is 16.7 Å². The molecule has 8 heteroatoms. The molecule has 0 N–H and O–H groups in total. The summed E-state index contributed by atoms with van der Waals surface area (Å²) in [7, 11) is 8.75. The highest BCUT2D eigenvalue weighted by Gasteiger charge is 2.41. The summed E-state index contributed by atoms with van der Waals surface area (Å²) in [6.07, 6.45) is 1.88. The number of nitrogens with zero attached hydrogens (tertiary/aromatic N) is 2. The van der Waals surface area contributed by atoms with Gasteiger partial charge in [-0.15, -0.1) is 0 Å². The second kappa shape index (κ2) is 16.8. The van der Waals surface area contributed by atoms with Crippen molar-refractivity contribution in [1.82, 2.24) is 0 Å². The molecule has 0 fully saturated rings. The van der Waals surface area contributed by atoms with E-state index in [9.17, 15) is 0 Å². The maximum atomic E-state index is 6.13. The van der Waals surface area contributed by atoms with Crippen molar-refractivity contribution in [3.63, 3.8) is 0 Å². The summed E-state index contributed by atoms with van der Waals surface area (Å²) in [4.78, 5) is 4.77. The Morgan fingerprint density at radius 3 is 1.45 bits per heavy atom. The van der Waals surface area contributed by atoms with Crippen LogP contribution in [-0.4, -0.2) is 76.1 Å². The Morgan fingerprint density at radius 2 is 1.06 bits per heavy atom. The average molecular weight is 722 g/mol. The molecular formula is C45H57N2O6+. The Kier molecular flexibility index (Phi) is 12.4. The number of likely N-dealkylation sites (N-methyl/N-ethyl adjacent to an activating group) is 1. The second-order valence-corrected chi connectivity index (χ2v) is 15.3. The first kappa shape index (κ1) is 39.2. The first-order valence-corrected chi connectivity index (χ1v) is 18.4. The number of methoxy groups -OCH3 is 4. The van der Waals surface area contributed by atoms with Gasteiger partial charge in [-0.3, -0.25) is 0 Å². The molecule has 282 valence electrons. The van der Waals surface area contributed by atoms with E-state index in [4.69, 9.17) is 33.4 Å². The third-order valence-corrected chi connectivity index (χ3v) is 10.1. The minimum atomic E-state index is -0.206. The SMILES string of the molecule is COc1cc(C2=NC(C)(C)CO2)c(C(C)Cc2ccccc2)cc1OC.COc1cc(C2=[N+](C)C(C)(C)CO2)c(C(C)Cc2ccccc2)cc1OC. The van der Waals surface area contributed by atoms with Crippen LogP contribution in [0.5, 0.6) is 23.0 Å². The van der Waals surface area contributed by atoms with E-state index in [0.717, 1.165) is 52.7 Å². The fourth-order valence-corrected chi connectivity index (χ4v) is 6.82. The van der Waals surface area contributed by atoms with Gasteiger partial charge >= 0.3 is 5.90 Å². The molecule has 53 heavy (non-hydrogen) atoms. The molecule has 2 unspecified atom stereocenters. The van der Waals surface area contributed by atoms with Gasteiger partial charge in [-0.05, 0) is 79.0 Å².